The minimum atomic E-state index is 0.0750. The molecule has 0 aliphatic carbocycles. The maximum Gasteiger partial charge on any atom is 0.254 e. The molecule has 0 aromatic heterocycles. The highest BCUT2D eigenvalue weighted by atomic mass is 79.9. The van der Waals surface area contributed by atoms with Crippen LogP contribution in [0.2, 0.25) is 0 Å². The lowest BCUT2D eigenvalue weighted by atomic mass is 10.1. The van der Waals surface area contributed by atoms with Crippen molar-refractivity contribution < 1.29 is 9.90 Å². The summed E-state index contributed by atoms with van der Waals surface area (Å²) >= 11 is 3.39. The summed E-state index contributed by atoms with van der Waals surface area (Å²) in [6, 6.07) is 5.70. The van der Waals surface area contributed by atoms with Crippen LogP contribution >= 0.6 is 15.9 Å². The molecule has 4 heteroatoms. The molecule has 1 fully saturated rings. The standard InChI is InChI=1S/C13H16BrNO2/c1-9-6-11(14)2-3-12(9)13(17)15-5-4-10(7-15)8-16/h2-3,6,10,16H,4-5,7-8H2,1H3. The van der Waals surface area contributed by atoms with Gasteiger partial charge in [-0.05, 0) is 37.1 Å². The number of rotatable bonds is 2. The van der Waals surface area contributed by atoms with Crippen LogP contribution in [0.5, 0.6) is 0 Å². The van der Waals surface area contributed by atoms with Crippen molar-refractivity contribution in [2.45, 2.75) is 13.3 Å². The summed E-state index contributed by atoms with van der Waals surface area (Å²) in [4.78, 5) is 14.1. The summed E-state index contributed by atoms with van der Waals surface area (Å²) in [5.41, 5.74) is 1.74. The van der Waals surface area contributed by atoms with E-state index in [0.717, 1.165) is 28.6 Å². The van der Waals surface area contributed by atoms with Crippen molar-refractivity contribution in [2.24, 2.45) is 5.92 Å². The first-order valence-electron chi connectivity index (χ1n) is 5.78. The smallest absolute Gasteiger partial charge is 0.254 e. The molecular formula is C13H16BrNO2. The summed E-state index contributed by atoms with van der Waals surface area (Å²) in [6.07, 6.45) is 0.901. The zero-order chi connectivity index (χ0) is 12.4. The second-order valence-corrected chi connectivity index (χ2v) is 5.46. The highest BCUT2D eigenvalue weighted by Crippen LogP contribution is 2.21. The number of amides is 1. The van der Waals surface area contributed by atoms with E-state index in [1.807, 2.05) is 30.0 Å². The molecule has 1 aromatic carbocycles. The zero-order valence-corrected chi connectivity index (χ0v) is 11.4. The third-order valence-electron chi connectivity index (χ3n) is 3.25. The number of halogens is 1. The van der Waals surface area contributed by atoms with Crippen LogP contribution in [0.3, 0.4) is 0 Å². The number of aliphatic hydroxyl groups excluding tert-OH is 1. The Labute approximate surface area is 110 Å². The Morgan fingerprint density at radius 3 is 2.94 bits per heavy atom. The van der Waals surface area contributed by atoms with E-state index >= 15 is 0 Å². The molecule has 1 saturated heterocycles. The van der Waals surface area contributed by atoms with Crippen molar-refractivity contribution in [3.63, 3.8) is 0 Å². The van der Waals surface area contributed by atoms with Crippen LogP contribution in [0.15, 0.2) is 22.7 Å². The fraction of sp³-hybridized carbons (Fsp3) is 0.462. The summed E-state index contributed by atoms with van der Waals surface area (Å²) in [5.74, 6) is 0.320. The van der Waals surface area contributed by atoms with Crippen LogP contribution in [0.25, 0.3) is 0 Å². The van der Waals surface area contributed by atoms with Gasteiger partial charge in [-0.3, -0.25) is 4.79 Å². The first kappa shape index (κ1) is 12.6. The molecular weight excluding hydrogens is 282 g/mol. The fourth-order valence-corrected chi connectivity index (χ4v) is 2.68. The fourth-order valence-electron chi connectivity index (χ4n) is 2.20. The molecule has 0 saturated carbocycles. The molecule has 0 spiro atoms. The Bertz CT molecular complexity index is 433. The van der Waals surface area contributed by atoms with Crippen LogP contribution in [-0.2, 0) is 0 Å². The molecule has 1 amide bonds. The van der Waals surface area contributed by atoms with Gasteiger partial charge in [-0.25, -0.2) is 0 Å². The molecule has 0 bridgehead atoms. The van der Waals surface area contributed by atoms with E-state index in [-0.39, 0.29) is 18.4 Å². The largest absolute Gasteiger partial charge is 0.396 e. The first-order chi connectivity index (χ1) is 8.11. The number of carbonyl (C=O) groups excluding carboxylic acids is 1. The molecule has 1 heterocycles. The van der Waals surface area contributed by atoms with Gasteiger partial charge in [-0.2, -0.15) is 0 Å². The molecule has 1 aromatic rings. The van der Waals surface area contributed by atoms with E-state index in [1.165, 1.54) is 0 Å². The summed E-state index contributed by atoms with van der Waals surface area (Å²) in [5, 5.41) is 9.08. The normalized spacial score (nSPS) is 19.7. The van der Waals surface area contributed by atoms with Crippen LogP contribution < -0.4 is 0 Å². The number of aliphatic hydroxyl groups is 1. The molecule has 1 N–H and O–H groups in total. The van der Waals surface area contributed by atoms with E-state index in [4.69, 9.17) is 5.11 Å². The lowest BCUT2D eigenvalue weighted by Crippen LogP contribution is -2.29. The molecule has 3 nitrogen and oxygen atoms in total. The van der Waals surface area contributed by atoms with Gasteiger partial charge in [-0.1, -0.05) is 15.9 Å². The minimum absolute atomic E-state index is 0.0750. The summed E-state index contributed by atoms with van der Waals surface area (Å²) in [7, 11) is 0. The van der Waals surface area contributed by atoms with Crippen molar-refractivity contribution in [1.82, 2.24) is 4.90 Å². The minimum Gasteiger partial charge on any atom is -0.396 e. The molecule has 1 unspecified atom stereocenters. The Morgan fingerprint density at radius 2 is 2.35 bits per heavy atom. The lowest BCUT2D eigenvalue weighted by Gasteiger charge is -2.17. The van der Waals surface area contributed by atoms with Crippen molar-refractivity contribution in [3.05, 3.63) is 33.8 Å². The van der Waals surface area contributed by atoms with E-state index in [1.54, 1.807) is 0 Å². The number of carbonyl (C=O) groups is 1. The second kappa shape index (κ2) is 5.19. The molecule has 17 heavy (non-hydrogen) atoms. The van der Waals surface area contributed by atoms with Crippen molar-refractivity contribution >= 4 is 21.8 Å². The van der Waals surface area contributed by atoms with E-state index < -0.39 is 0 Å². The molecule has 1 aliphatic rings. The maximum absolute atomic E-state index is 12.3. The van der Waals surface area contributed by atoms with Gasteiger partial charge in [0.25, 0.3) is 5.91 Å². The number of aryl methyl sites for hydroxylation is 1. The monoisotopic (exact) mass is 297 g/mol. The predicted octanol–water partition coefficient (Wildman–Crippen LogP) is 2.21. The van der Waals surface area contributed by atoms with Gasteiger partial charge in [0, 0.05) is 35.7 Å². The third-order valence-corrected chi connectivity index (χ3v) is 3.74. The average molecular weight is 298 g/mol. The number of hydrogen-bond donors (Lipinski definition) is 1. The zero-order valence-electron chi connectivity index (χ0n) is 9.82. The van der Waals surface area contributed by atoms with Gasteiger partial charge in [0.1, 0.15) is 0 Å². The third kappa shape index (κ3) is 2.69. The van der Waals surface area contributed by atoms with Crippen molar-refractivity contribution in [1.29, 1.82) is 0 Å². The topological polar surface area (TPSA) is 40.5 Å². The van der Waals surface area contributed by atoms with Gasteiger partial charge in [0.2, 0.25) is 0 Å². The summed E-state index contributed by atoms with van der Waals surface area (Å²) < 4.78 is 0.987. The van der Waals surface area contributed by atoms with Crippen LogP contribution in [-0.4, -0.2) is 35.6 Å². The molecule has 2 rings (SSSR count). The Morgan fingerprint density at radius 1 is 1.59 bits per heavy atom. The van der Waals surface area contributed by atoms with Gasteiger partial charge >= 0.3 is 0 Å². The lowest BCUT2D eigenvalue weighted by molar-refractivity contribution is 0.0781. The van der Waals surface area contributed by atoms with Crippen LogP contribution in [0.1, 0.15) is 22.3 Å². The molecule has 1 atom stereocenters. The summed E-state index contributed by atoms with van der Waals surface area (Å²) in [6.45, 7) is 3.53. The Hall–Kier alpha value is -0.870. The number of hydrogen-bond acceptors (Lipinski definition) is 2. The maximum atomic E-state index is 12.3. The van der Waals surface area contributed by atoms with Crippen molar-refractivity contribution in [3.8, 4) is 0 Å². The first-order valence-corrected chi connectivity index (χ1v) is 6.57. The Balaban J connectivity index is 2.15. The predicted molar refractivity (Wildman–Crippen MR) is 70.0 cm³/mol. The van der Waals surface area contributed by atoms with Gasteiger partial charge in [-0.15, -0.1) is 0 Å². The van der Waals surface area contributed by atoms with Crippen molar-refractivity contribution in [2.75, 3.05) is 19.7 Å². The Kier molecular flexibility index (Phi) is 3.84. The van der Waals surface area contributed by atoms with E-state index in [2.05, 4.69) is 15.9 Å². The quantitative estimate of drug-likeness (QED) is 0.909. The number of nitrogens with zero attached hydrogens (tertiary/aromatic N) is 1. The van der Waals surface area contributed by atoms with Crippen LogP contribution in [0, 0.1) is 12.8 Å². The molecule has 0 radical (unpaired) electrons. The van der Waals surface area contributed by atoms with Gasteiger partial charge < -0.3 is 10.0 Å². The number of likely N-dealkylation sites (tertiary alicyclic amines) is 1. The van der Waals surface area contributed by atoms with Crippen LogP contribution in [0.4, 0.5) is 0 Å². The highest BCUT2D eigenvalue weighted by Gasteiger charge is 2.26. The SMILES string of the molecule is Cc1cc(Br)ccc1C(=O)N1CCC(CO)C1. The van der Waals surface area contributed by atoms with E-state index in [9.17, 15) is 4.79 Å². The molecule has 1 aliphatic heterocycles. The second-order valence-electron chi connectivity index (χ2n) is 4.55. The van der Waals surface area contributed by atoms with E-state index in [0.29, 0.717) is 6.54 Å². The highest BCUT2D eigenvalue weighted by molar-refractivity contribution is 9.10. The molecule has 92 valence electrons. The van der Waals surface area contributed by atoms with Gasteiger partial charge in [0.05, 0.1) is 0 Å². The van der Waals surface area contributed by atoms with Gasteiger partial charge in [0.15, 0.2) is 0 Å². The average Bonchev–Trinajstić information content (AvgIpc) is 2.76. The number of benzene rings is 1.